The number of aliphatic hydroxyl groups is 1. The molecular weight excluding hydrogens is 271 g/mol. The Hall–Kier alpha value is -1.42. The number of benzene rings is 1. The van der Waals surface area contributed by atoms with Crippen LogP contribution >= 0.6 is 0 Å². The third-order valence-electron chi connectivity index (χ3n) is 3.63. The molecule has 1 N–H and O–H groups in total. The van der Waals surface area contributed by atoms with E-state index in [0.29, 0.717) is 6.42 Å². The van der Waals surface area contributed by atoms with Crippen LogP contribution in [0, 0.1) is 0 Å². The third kappa shape index (κ3) is 4.81. The van der Waals surface area contributed by atoms with Gasteiger partial charge in [-0.05, 0) is 19.3 Å². The molecule has 4 heteroatoms. The van der Waals surface area contributed by atoms with E-state index in [0.717, 1.165) is 25.7 Å². The second-order valence-electron chi connectivity index (χ2n) is 5.26. The van der Waals surface area contributed by atoms with E-state index >= 15 is 0 Å². The van der Waals surface area contributed by atoms with Crippen LogP contribution in [0.3, 0.4) is 0 Å². The molecule has 0 aliphatic heterocycles. The van der Waals surface area contributed by atoms with Crippen LogP contribution in [0.4, 0.5) is 4.39 Å². The van der Waals surface area contributed by atoms with Crippen molar-refractivity contribution in [3.05, 3.63) is 35.9 Å². The Morgan fingerprint density at radius 2 is 1.95 bits per heavy atom. The van der Waals surface area contributed by atoms with Crippen LogP contribution in [-0.2, 0) is 15.2 Å². The summed E-state index contributed by atoms with van der Waals surface area (Å²) in [6, 6.07) is 7.95. The minimum absolute atomic E-state index is 0.126. The predicted octanol–water partition coefficient (Wildman–Crippen LogP) is 3.75. The van der Waals surface area contributed by atoms with Crippen molar-refractivity contribution in [2.24, 2.45) is 0 Å². The second kappa shape index (κ2) is 8.78. The van der Waals surface area contributed by atoms with Crippen LogP contribution in [0.15, 0.2) is 30.3 Å². The molecule has 1 aromatic carbocycles. The summed E-state index contributed by atoms with van der Waals surface area (Å²) < 4.78 is 20.1. The first-order chi connectivity index (χ1) is 10.1. The molecular formula is C17H25FO3. The highest BCUT2D eigenvalue weighted by atomic mass is 19.1. The van der Waals surface area contributed by atoms with Crippen molar-refractivity contribution in [1.82, 2.24) is 0 Å². The summed E-state index contributed by atoms with van der Waals surface area (Å²) in [4.78, 5) is 12.1. The number of hydrogen-bond donors (Lipinski definition) is 1. The molecule has 1 rings (SSSR count). The molecule has 0 radical (unpaired) electrons. The highest BCUT2D eigenvalue weighted by molar-refractivity contribution is 5.81. The lowest BCUT2D eigenvalue weighted by atomic mass is 9.96. The molecule has 0 saturated heterocycles. The lowest BCUT2D eigenvalue weighted by Gasteiger charge is -2.25. The minimum Gasteiger partial charge on any atom is -0.460 e. The molecule has 1 aromatic rings. The number of halogens is 1. The van der Waals surface area contributed by atoms with Crippen molar-refractivity contribution in [2.45, 2.75) is 57.7 Å². The molecule has 0 aliphatic rings. The van der Waals surface area contributed by atoms with E-state index in [9.17, 15) is 14.3 Å². The first-order valence-corrected chi connectivity index (χ1v) is 7.64. The van der Waals surface area contributed by atoms with E-state index < -0.39 is 18.2 Å². The quantitative estimate of drug-likeness (QED) is 0.557. The maximum Gasteiger partial charge on any atom is 0.351 e. The van der Waals surface area contributed by atoms with E-state index in [-0.39, 0.29) is 11.7 Å². The van der Waals surface area contributed by atoms with Gasteiger partial charge in [0.25, 0.3) is 5.67 Å². The number of ether oxygens (including phenoxy) is 1. The van der Waals surface area contributed by atoms with Crippen molar-refractivity contribution in [3.63, 3.8) is 0 Å². The Morgan fingerprint density at radius 1 is 1.29 bits per heavy atom. The fourth-order valence-corrected chi connectivity index (χ4v) is 2.19. The van der Waals surface area contributed by atoms with Gasteiger partial charge in [-0.15, -0.1) is 0 Å². The lowest BCUT2D eigenvalue weighted by Crippen LogP contribution is -2.38. The van der Waals surface area contributed by atoms with Crippen molar-refractivity contribution in [3.8, 4) is 0 Å². The number of rotatable bonds is 9. The topological polar surface area (TPSA) is 46.5 Å². The Morgan fingerprint density at radius 3 is 2.48 bits per heavy atom. The van der Waals surface area contributed by atoms with Crippen molar-refractivity contribution < 1.29 is 19.0 Å². The van der Waals surface area contributed by atoms with Gasteiger partial charge in [0.05, 0.1) is 6.61 Å². The van der Waals surface area contributed by atoms with Crippen LogP contribution in [0.5, 0.6) is 0 Å². The van der Waals surface area contributed by atoms with Crippen LogP contribution in [0.25, 0.3) is 0 Å². The lowest BCUT2D eigenvalue weighted by molar-refractivity contribution is -0.168. The highest BCUT2D eigenvalue weighted by Crippen LogP contribution is 2.28. The summed E-state index contributed by atoms with van der Waals surface area (Å²) in [6.07, 6.45) is 4.17. The largest absolute Gasteiger partial charge is 0.460 e. The maximum atomic E-state index is 14.8. The number of aliphatic hydroxyl groups excluding tert-OH is 1. The number of carbonyl (C=O) groups is 1. The van der Waals surface area contributed by atoms with E-state index in [1.807, 2.05) is 6.92 Å². The molecule has 0 fully saturated rings. The van der Waals surface area contributed by atoms with Gasteiger partial charge >= 0.3 is 5.97 Å². The first-order valence-electron chi connectivity index (χ1n) is 7.64. The average molecular weight is 296 g/mol. The second-order valence-corrected chi connectivity index (χ2v) is 5.26. The van der Waals surface area contributed by atoms with Crippen LogP contribution in [0.1, 0.15) is 51.5 Å². The molecule has 0 amide bonds. The van der Waals surface area contributed by atoms with E-state index in [1.54, 1.807) is 18.2 Å². The Labute approximate surface area is 126 Å². The van der Waals surface area contributed by atoms with Gasteiger partial charge in [-0.3, -0.25) is 0 Å². The number of carbonyl (C=O) groups excluding carboxylic acids is 1. The fourth-order valence-electron chi connectivity index (χ4n) is 2.19. The number of esters is 1. The van der Waals surface area contributed by atoms with Gasteiger partial charge < -0.3 is 9.84 Å². The normalized spacial score (nSPS) is 15.2. The minimum atomic E-state index is -2.49. The summed E-state index contributed by atoms with van der Waals surface area (Å²) in [7, 11) is 0. The summed E-state index contributed by atoms with van der Waals surface area (Å²) in [5, 5.41) is 9.33. The molecule has 0 aliphatic carbocycles. The Kier molecular flexibility index (Phi) is 7.37. The molecule has 21 heavy (non-hydrogen) atoms. The fraction of sp³-hybridized carbons (Fsp3) is 0.588. The molecule has 0 heterocycles. The summed E-state index contributed by atoms with van der Waals surface area (Å²) >= 11 is 0. The van der Waals surface area contributed by atoms with Gasteiger partial charge in [-0.1, -0.05) is 57.0 Å². The molecule has 118 valence electrons. The molecule has 2 unspecified atom stereocenters. The molecule has 0 bridgehead atoms. The Balaban J connectivity index is 2.74. The zero-order valence-corrected chi connectivity index (χ0v) is 12.8. The number of alkyl halides is 1. The predicted molar refractivity (Wildman–Crippen MR) is 80.6 cm³/mol. The van der Waals surface area contributed by atoms with E-state index in [2.05, 4.69) is 6.92 Å². The molecule has 3 nitrogen and oxygen atoms in total. The standard InChI is InChI=1S/C17H25FO3/c1-3-5-7-12-15(4-2)21-16(20)17(18,13-19)14-10-8-6-9-11-14/h6,8-11,15,19H,3-5,7,12-13H2,1-2H3. The van der Waals surface area contributed by atoms with Gasteiger partial charge in [-0.25, -0.2) is 9.18 Å². The maximum absolute atomic E-state index is 14.8. The van der Waals surface area contributed by atoms with E-state index in [1.165, 1.54) is 12.1 Å². The summed E-state index contributed by atoms with van der Waals surface area (Å²) in [6.45, 7) is 3.09. The van der Waals surface area contributed by atoms with Crippen molar-refractivity contribution >= 4 is 5.97 Å². The van der Waals surface area contributed by atoms with Gasteiger partial charge in [0.1, 0.15) is 6.10 Å². The third-order valence-corrected chi connectivity index (χ3v) is 3.63. The molecule has 0 aromatic heterocycles. The Bertz CT molecular complexity index is 421. The van der Waals surface area contributed by atoms with Crippen molar-refractivity contribution in [2.75, 3.05) is 6.61 Å². The van der Waals surface area contributed by atoms with Gasteiger partial charge in [0, 0.05) is 5.56 Å². The van der Waals surface area contributed by atoms with E-state index in [4.69, 9.17) is 4.74 Å². The van der Waals surface area contributed by atoms with Gasteiger partial charge in [0.2, 0.25) is 0 Å². The van der Waals surface area contributed by atoms with Crippen LogP contribution in [-0.4, -0.2) is 23.8 Å². The monoisotopic (exact) mass is 296 g/mol. The van der Waals surface area contributed by atoms with Gasteiger partial charge in [0.15, 0.2) is 0 Å². The summed E-state index contributed by atoms with van der Waals surface area (Å²) in [5.41, 5.74) is -2.36. The van der Waals surface area contributed by atoms with Crippen LogP contribution < -0.4 is 0 Å². The van der Waals surface area contributed by atoms with Crippen LogP contribution in [0.2, 0.25) is 0 Å². The number of hydrogen-bond acceptors (Lipinski definition) is 3. The molecule has 2 atom stereocenters. The first kappa shape index (κ1) is 17.6. The zero-order chi connectivity index (χ0) is 15.7. The number of unbranched alkanes of at least 4 members (excludes halogenated alkanes) is 2. The highest BCUT2D eigenvalue weighted by Gasteiger charge is 2.42. The average Bonchev–Trinajstić information content (AvgIpc) is 2.53. The zero-order valence-electron chi connectivity index (χ0n) is 12.8. The molecule has 0 spiro atoms. The molecule has 0 saturated carbocycles. The van der Waals surface area contributed by atoms with Gasteiger partial charge in [-0.2, -0.15) is 0 Å². The SMILES string of the molecule is CCCCCC(CC)OC(=O)C(F)(CO)c1ccccc1. The summed E-state index contributed by atoms with van der Waals surface area (Å²) in [5.74, 6) is -1.00. The van der Waals surface area contributed by atoms with Crippen molar-refractivity contribution in [1.29, 1.82) is 0 Å². The smallest absolute Gasteiger partial charge is 0.351 e.